The largest absolute Gasteiger partial charge is 0.333 e. The number of fused-ring (bicyclic) bond motifs is 1. The van der Waals surface area contributed by atoms with Gasteiger partial charge in [-0.3, -0.25) is 0 Å². The molecule has 0 aliphatic rings. The molecule has 2 nitrogen and oxygen atoms in total. The van der Waals surface area contributed by atoms with Gasteiger partial charge in [-0.2, -0.15) is 0 Å². The number of hydrogen-bond donors (Lipinski definition) is 1. The van der Waals surface area contributed by atoms with Gasteiger partial charge in [-0.1, -0.05) is 41.8 Å². The number of aryl methyl sites for hydroxylation is 2. The molecule has 0 atom stereocenters. The number of nitrogens with zero attached hydrogens (tertiary/aromatic N) is 1. The smallest absolute Gasteiger partial charge is 0.167 e. The zero-order valence-electron chi connectivity index (χ0n) is 12.1. The molecule has 0 spiro atoms. The molecule has 2 aromatic carbocycles. The molecule has 0 unspecified atom stereocenters. The minimum absolute atomic E-state index is 0.729. The Labute approximate surface area is 129 Å². The standard InChI is InChI=1S/C18H16N2S/c1-13-11-16-17(12-14(13)2)20-18(19-16)21-10-6-9-15-7-4-3-5-8-15/h3-5,7-8,11-12H,10H2,1-2H3,(H,19,20). The Morgan fingerprint density at radius 3 is 2.67 bits per heavy atom. The van der Waals surface area contributed by atoms with Gasteiger partial charge in [0.1, 0.15) is 0 Å². The van der Waals surface area contributed by atoms with E-state index in [1.54, 1.807) is 11.8 Å². The maximum Gasteiger partial charge on any atom is 0.167 e. The van der Waals surface area contributed by atoms with E-state index in [0.717, 1.165) is 27.5 Å². The molecule has 0 amide bonds. The van der Waals surface area contributed by atoms with Crippen LogP contribution in [0, 0.1) is 25.7 Å². The van der Waals surface area contributed by atoms with Crippen LogP contribution in [0.4, 0.5) is 0 Å². The van der Waals surface area contributed by atoms with Crippen molar-refractivity contribution < 1.29 is 0 Å². The van der Waals surface area contributed by atoms with Gasteiger partial charge in [0.2, 0.25) is 0 Å². The zero-order valence-corrected chi connectivity index (χ0v) is 12.9. The summed E-state index contributed by atoms with van der Waals surface area (Å²) in [5.74, 6) is 7.05. The number of aromatic amines is 1. The Kier molecular flexibility index (Phi) is 3.98. The van der Waals surface area contributed by atoms with Gasteiger partial charge in [-0.15, -0.1) is 0 Å². The van der Waals surface area contributed by atoms with Crippen molar-refractivity contribution in [3.8, 4) is 11.8 Å². The zero-order chi connectivity index (χ0) is 14.7. The SMILES string of the molecule is Cc1cc2nc(SCC#Cc3ccccc3)[nH]c2cc1C. The third-order valence-electron chi connectivity index (χ3n) is 3.36. The summed E-state index contributed by atoms with van der Waals surface area (Å²) in [6.07, 6.45) is 0. The second-order valence-corrected chi connectivity index (χ2v) is 5.92. The number of imidazole rings is 1. The fourth-order valence-electron chi connectivity index (χ4n) is 2.08. The fourth-order valence-corrected chi connectivity index (χ4v) is 2.70. The van der Waals surface area contributed by atoms with Crippen LogP contribution in [-0.2, 0) is 0 Å². The first kappa shape index (κ1) is 13.8. The van der Waals surface area contributed by atoms with E-state index in [1.165, 1.54) is 11.1 Å². The number of hydrogen-bond acceptors (Lipinski definition) is 2. The molecule has 3 aromatic rings. The van der Waals surface area contributed by atoms with Crippen molar-refractivity contribution in [2.24, 2.45) is 0 Å². The number of nitrogens with one attached hydrogen (secondary N) is 1. The highest BCUT2D eigenvalue weighted by Crippen LogP contribution is 2.21. The molecule has 0 aliphatic heterocycles. The van der Waals surface area contributed by atoms with E-state index in [4.69, 9.17) is 0 Å². The van der Waals surface area contributed by atoms with Crippen molar-refractivity contribution in [2.45, 2.75) is 19.0 Å². The molecule has 0 radical (unpaired) electrons. The Morgan fingerprint density at radius 2 is 1.86 bits per heavy atom. The summed E-state index contributed by atoms with van der Waals surface area (Å²) in [6, 6.07) is 14.3. The van der Waals surface area contributed by atoms with Crippen molar-refractivity contribution in [3.05, 3.63) is 59.2 Å². The molecular weight excluding hydrogens is 276 g/mol. The summed E-state index contributed by atoms with van der Waals surface area (Å²) < 4.78 is 0. The lowest BCUT2D eigenvalue weighted by molar-refractivity contribution is 1.08. The lowest BCUT2D eigenvalue weighted by Crippen LogP contribution is -1.79. The summed E-state index contributed by atoms with van der Waals surface area (Å²) in [4.78, 5) is 7.95. The summed E-state index contributed by atoms with van der Waals surface area (Å²) >= 11 is 1.64. The molecular formula is C18H16N2S. The van der Waals surface area contributed by atoms with Crippen LogP contribution in [0.5, 0.6) is 0 Å². The van der Waals surface area contributed by atoms with Gasteiger partial charge >= 0.3 is 0 Å². The Morgan fingerprint density at radius 1 is 1.10 bits per heavy atom. The fraction of sp³-hybridized carbons (Fsp3) is 0.167. The van der Waals surface area contributed by atoms with E-state index in [1.807, 2.05) is 30.3 Å². The van der Waals surface area contributed by atoms with Crippen molar-refractivity contribution >= 4 is 22.8 Å². The second kappa shape index (κ2) is 6.07. The Hall–Kier alpha value is -2.18. The first-order valence-corrected chi connectivity index (χ1v) is 7.84. The first-order valence-electron chi connectivity index (χ1n) is 6.86. The van der Waals surface area contributed by atoms with Crippen molar-refractivity contribution in [1.29, 1.82) is 0 Å². The van der Waals surface area contributed by atoms with Crippen LogP contribution in [0.3, 0.4) is 0 Å². The Balaban J connectivity index is 1.70. The molecule has 1 heterocycles. The van der Waals surface area contributed by atoms with Gasteiger partial charge < -0.3 is 4.98 Å². The van der Waals surface area contributed by atoms with Crippen LogP contribution < -0.4 is 0 Å². The predicted octanol–water partition coefficient (Wildman–Crippen LogP) is 4.32. The minimum atomic E-state index is 0.729. The summed E-state index contributed by atoms with van der Waals surface area (Å²) in [5, 5.41) is 0.928. The van der Waals surface area contributed by atoms with Crippen LogP contribution in [0.2, 0.25) is 0 Å². The topological polar surface area (TPSA) is 28.7 Å². The van der Waals surface area contributed by atoms with E-state index in [-0.39, 0.29) is 0 Å². The molecule has 104 valence electrons. The highest BCUT2D eigenvalue weighted by molar-refractivity contribution is 7.99. The van der Waals surface area contributed by atoms with Crippen molar-refractivity contribution in [3.63, 3.8) is 0 Å². The maximum absolute atomic E-state index is 4.60. The molecule has 0 saturated carbocycles. The van der Waals surface area contributed by atoms with Gasteiger partial charge in [-0.05, 0) is 49.2 Å². The monoisotopic (exact) mass is 292 g/mol. The van der Waals surface area contributed by atoms with E-state index in [0.29, 0.717) is 0 Å². The van der Waals surface area contributed by atoms with Crippen LogP contribution in [0.15, 0.2) is 47.6 Å². The van der Waals surface area contributed by atoms with Gasteiger partial charge in [0.15, 0.2) is 5.16 Å². The Bertz CT molecular complexity index is 784. The van der Waals surface area contributed by atoms with Gasteiger partial charge in [0, 0.05) is 5.56 Å². The lowest BCUT2D eigenvalue weighted by Gasteiger charge is -1.97. The van der Waals surface area contributed by atoms with Crippen LogP contribution in [-0.4, -0.2) is 15.7 Å². The molecule has 21 heavy (non-hydrogen) atoms. The first-order chi connectivity index (χ1) is 10.2. The average Bonchev–Trinajstić information content (AvgIpc) is 2.87. The number of H-pyrrole nitrogens is 1. The van der Waals surface area contributed by atoms with E-state index < -0.39 is 0 Å². The van der Waals surface area contributed by atoms with Gasteiger partial charge in [-0.25, -0.2) is 4.98 Å². The highest BCUT2D eigenvalue weighted by Gasteiger charge is 2.04. The molecule has 3 rings (SSSR count). The summed E-state index contributed by atoms with van der Waals surface area (Å²) in [7, 11) is 0. The normalized spacial score (nSPS) is 10.4. The molecule has 1 N–H and O–H groups in total. The molecule has 0 bridgehead atoms. The maximum atomic E-state index is 4.60. The molecule has 3 heteroatoms. The number of aromatic nitrogens is 2. The molecule has 1 aromatic heterocycles. The van der Waals surface area contributed by atoms with Crippen LogP contribution in [0.25, 0.3) is 11.0 Å². The summed E-state index contributed by atoms with van der Waals surface area (Å²) in [5.41, 5.74) is 5.73. The number of thioether (sulfide) groups is 1. The third-order valence-corrected chi connectivity index (χ3v) is 4.12. The second-order valence-electron chi connectivity index (χ2n) is 4.95. The number of rotatable bonds is 2. The van der Waals surface area contributed by atoms with E-state index >= 15 is 0 Å². The quantitative estimate of drug-likeness (QED) is 0.563. The van der Waals surface area contributed by atoms with Crippen LogP contribution in [0.1, 0.15) is 16.7 Å². The minimum Gasteiger partial charge on any atom is -0.333 e. The van der Waals surface area contributed by atoms with Crippen LogP contribution >= 0.6 is 11.8 Å². The van der Waals surface area contributed by atoms with Gasteiger partial charge in [0.25, 0.3) is 0 Å². The lowest BCUT2D eigenvalue weighted by atomic mass is 10.1. The van der Waals surface area contributed by atoms with E-state index in [2.05, 4.69) is 47.8 Å². The predicted molar refractivity (Wildman–Crippen MR) is 89.6 cm³/mol. The third kappa shape index (κ3) is 3.29. The average molecular weight is 292 g/mol. The molecule has 0 aliphatic carbocycles. The summed E-state index contributed by atoms with van der Waals surface area (Å²) in [6.45, 7) is 4.23. The van der Waals surface area contributed by atoms with Gasteiger partial charge in [0.05, 0.1) is 16.8 Å². The molecule has 0 saturated heterocycles. The van der Waals surface area contributed by atoms with Crippen molar-refractivity contribution in [1.82, 2.24) is 9.97 Å². The van der Waals surface area contributed by atoms with E-state index in [9.17, 15) is 0 Å². The number of benzene rings is 2. The highest BCUT2D eigenvalue weighted by atomic mass is 32.2. The van der Waals surface area contributed by atoms with Crippen molar-refractivity contribution in [2.75, 3.05) is 5.75 Å². The molecule has 0 fully saturated rings.